The number of Topliss-reactive ketones (excluding diaryl/α,β-unsaturated/α-hetero) is 1. The van der Waals surface area contributed by atoms with Gasteiger partial charge in [0.05, 0.1) is 5.02 Å². The van der Waals surface area contributed by atoms with Gasteiger partial charge in [-0.05, 0) is 44.2 Å². The third-order valence-electron chi connectivity index (χ3n) is 3.10. The van der Waals surface area contributed by atoms with E-state index in [-0.39, 0.29) is 16.6 Å². The largest absolute Gasteiger partial charge is 0.479 e. The van der Waals surface area contributed by atoms with Crippen LogP contribution in [-0.2, 0) is 4.79 Å². The molecule has 0 aliphatic rings. The lowest BCUT2D eigenvalue weighted by atomic mass is 10.1. The number of halogens is 2. The number of benzene rings is 2. The quantitative estimate of drug-likeness (QED) is 0.837. The lowest BCUT2D eigenvalue weighted by Crippen LogP contribution is -2.30. The lowest BCUT2D eigenvalue weighted by Gasteiger charge is -2.16. The molecule has 120 valence electrons. The van der Waals surface area contributed by atoms with Gasteiger partial charge in [-0.3, -0.25) is 9.59 Å². The number of anilines is 1. The molecule has 0 unspecified atom stereocenters. The summed E-state index contributed by atoms with van der Waals surface area (Å²) >= 11 is 5.86. The molecule has 1 N–H and O–H groups in total. The number of rotatable bonds is 5. The first-order chi connectivity index (χ1) is 10.9. The van der Waals surface area contributed by atoms with Gasteiger partial charge in [-0.15, -0.1) is 0 Å². The van der Waals surface area contributed by atoms with E-state index in [0.717, 1.165) is 6.07 Å². The van der Waals surface area contributed by atoms with Crippen LogP contribution in [-0.4, -0.2) is 17.8 Å². The Bertz CT molecular complexity index is 748. The van der Waals surface area contributed by atoms with Gasteiger partial charge >= 0.3 is 0 Å². The topological polar surface area (TPSA) is 55.4 Å². The van der Waals surface area contributed by atoms with Crippen molar-refractivity contribution in [2.75, 3.05) is 5.32 Å². The molecule has 0 aliphatic heterocycles. The zero-order valence-electron chi connectivity index (χ0n) is 12.6. The summed E-state index contributed by atoms with van der Waals surface area (Å²) in [5.74, 6) is -0.775. The van der Waals surface area contributed by atoms with Crippen molar-refractivity contribution in [3.63, 3.8) is 0 Å². The first-order valence-electron chi connectivity index (χ1n) is 6.90. The fourth-order valence-electron chi connectivity index (χ4n) is 1.87. The Morgan fingerprint density at radius 3 is 2.61 bits per heavy atom. The average Bonchev–Trinajstić information content (AvgIpc) is 2.50. The maximum absolute atomic E-state index is 13.0. The SMILES string of the molecule is CC(=O)c1cccc(NC(=O)[C@@H](C)Oc2ccc(F)cc2Cl)c1. The molecule has 6 heteroatoms. The van der Waals surface area contributed by atoms with E-state index in [1.165, 1.54) is 19.1 Å². The van der Waals surface area contributed by atoms with Crippen LogP contribution in [0.3, 0.4) is 0 Å². The second kappa shape index (κ2) is 7.24. The maximum Gasteiger partial charge on any atom is 0.265 e. The Labute approximate surface area is 138 Å². The zero-order valence-corrected chi connectivity index (χ0v) is 13.4. The minimum Gasteiger partial charge on any atom is -0.479 e. The summed E-state index contributed by atoms with van der Waals surface area (Å²) in [6.07, 6.45) is -0.848. The molecule has 0 radical (unpaired) electrons. The molecule has 2 aromatic carbocycles. The molecule has 0 saturated heterocycles. The molecule has 0 spiro atoms. The van der Waals surface area contributed by atoms with Gasteiger partial charge in [0.1, 0.15) is 11.6 Å². The van der Waals surface area contributed by atoms with E-state index in [1.54, 1.807) is 31.2 Å². The van der Waals surface area contributed by atoms with Crippen LogP contribution in [0.1, 0.15) is 24.2 Å². The van der Waals surface area contributed by atoms with Crippen LogP contribution in [0.5, 0.6) is 5.75 Å². The molecule has 0 aliphatic carbocycles. The fourth-order valence-corrected chi connectivity index (χ4v) is 2.09. The number of ketones is 1. The number of nitrogens with one attached hydrogen (secondary N) is 1. The fraction of sp³-hybridized carbons (Fsp3) is 0.176. The Morgan fingerprint density at radius 1 is 1.22 bits per heavy atom. The van der Waals surface area contributed by atoms with Crippen LogP contribution in [0.15, 0.2) is 42.5 Å². The highest BCUT2D eigenvalue weighted by molar-refractivity contribution is 6.32. The van der Waals surface area contributed by atoms with Crippen molar-refractivity contribution in [3.8, 4) is 5.75 Å². The molecule has 0 aromatic heterocycles. The van der Waals surface area contributed by atoms with Gasteiger partial charge in [-0.1, -0.05) is 23.7 Å². The van der Waals surface area contributed by atoms with Gasteiger partial charge in [-0.2, -0.15) is 0 Å². The number of hydrogen-bond acceptors (Lipinski definition) is 3. The smallest absolute Gasteiger partial charge is 0.265 e. The summed E-state index contributed by atoms with van der Waals surface area (Å²) in [5, 5.41) is 2.74. The van der Waals surface area contributed by atoms with Crippen molar-refractivity contribution < 1.29 is 18.7 Å². The van der Waals surface area contributed by atoms with Gasteiger partial charge in [-0.25, -0.2) is 4.39 Å². The van der Waals surface area contributed by atoms with Gasteiger partial charge in [0.2, 0.25) is 0 Å². The monoisotopic (exact) mass is 335 g/mol. The minimum atomic E-state index is -0.848. The van der Waals surface area contributed by atoms with E-state index in [0.29, 0.717) is 11.3 Å². The first kappa shape index (κ1) is 17.0. The van der Waals surface area contributed by atoms with Gasteiger partial charge < -0.3 is 10.1 Å². The van der Waals surface area contributed by atoms with Gasteiger partial charge in [0, 0.05) is 11.3 Å². The highest BCUT2D eigenvalue weighted by atomic mass is 35.5. The van der Waals surface area contributed by atoms with Crippen LogP contribution >= 0.6 is 11.6 Å². The molecule has 1 amide bonds. The molecule has 0 bridgehead atoms. The van der Waals surface area contributed by atoms with E-state index in [4.69, 9.17) is 16.3 Å². The van der Waals surface area contributed by atoms with E-state index in [2.05, 4.69) is 5.32 Å². The normalized spacial score (nSPS) is 11.7. The third-order valence-corrected chi connectivity index (χ3v) is 3.40. The van der Waals surface area contributed by atoms with Crippen molar-refractivity contribution in [1.29, 1.82) is 0 Å². The Morgan fingerprint density at radius 2 is 1.96 bits per heavy atom. The van der Waals surface area contributed by atoms with E-state index in [9.17, 15) is 14.0 Å². The van der Waals surface area contributed by atoms with Crippen molar-refractivity contribution in [2.45, 2.75) is 20.0 Å². The van der Waals surface area contributed by atoms with Crippen LogP contribution in [0.4, 0.5) is 10.1 Å². The van der Waals surface area contributed by atoms with Crippen LogP contribution in [0.2, 0.25) is 5.02 Å². The Balaban J connectivity index is 2.05. The van der Waals surface area contributed by atoms with Crippen molar-refractivity contribution in [3.05, 3.63) is 58.9 Å². The standard InChI is InChI=1S/C17H15ClFNO3/c1-10(21)12-4-3-5-14(8-12)20-17(22)11(2)23-16-7-6-13(19)9-15(16)18/h3-9,11H,1-2H3,(H,20,22)/t11-/m1/s1. The molecule has 0 fully saturated rings. The van der Waals surface area contributed by atoms with Crippen molar-refractivity contribution in [2.24, 2.45) is 0 Å². The Hall–Kier alpha value is -2.40. The number of hydrogen-bond donors (Lipinski definition) is 1. The molecule has 4 nitrogen and oxygen atoms in total. The molecular formula is C17H15ClFNO3. The molecule has 0 heterocycles. The van der Waals surface area contributed by atoms with Crippen LogP contribution < -0.4 is 10.1 Å². The summed E-state index contributed by atoms with van der Waals surface area (Å²) in [7, 11) is 0. The van der Waals surface area contributed by atoms with Crippen LogP contribution in [0.25, 0.3) is 0 Å². The van der Waals surface area contributed by atoms with Crippen LogP contribution in [0, 0.1) is 5.82 Å². The highest BCUT2D eigenvalue weighted by Gasteiger charge is 2.17. The number of carbonyl (C=O) groups excluding carboxylic acids is 2. The molecule has 0 saturated carbocycles. The number of ether oxygens (including phenoxy) is 1. The second-order valence-electron chi connectivity index (χ2n) is 4.96. The third kappa shape index (κ3) is 4.53. The van der Waals surface area contributed by atoms with E-state index >= 15 is 0 Å². The van der Waals surface area contributed by atoms with Gasteiger partial charge in [0.25, 0.3) is 5.91 Å². The molecule has 2 aromatic rings. The number of amides is 1. The summed E-state index contributed by atoms with van der Waals surface area (Å²) in [4.78, 5) is 23.5. The molecular weight excluding hydrogens is 321 g/mol. The van der Waals surface area contributed by atoms with E-state index in [1.807, 2.05) is 0 Å². The van der Waals surface area contributed by atoms with E-state index < -0.39 is 17.8 Å². The van der Waals surface area contributed by atoms with Crippen molar-refractivity contribution in [1.82, 2.24) is 0 Å². The lowest BCUT2D eigenvalue weighted by molar-refractivity contribution is -0.122. The Kier molecular flexibility index (Phi) is 5.34. The maximum atomic E-state index is 13.0. The first-order valence-corrected chi connectivity index (χ1v) is 7.28. The summed E-state index contributed by atoms with van der Waals surface area (Å²) in [5.41, 5.74) is 0.987. The molecule has 1 atom stereocenters. The predicted molar refractivity (Wildman–Crippen MR) is 86.6 cm³/mol. The zero-order chi connectivity index (χ0) is 17.0. The van der Waals surface area contributed by atoms with Crippen molar-refractivity contribution >= 4 is 29.0 Å². The summed E-state index contributed by atoms with van der Waals surface area (Å²) in [6.45, 7) is 2.99. The average molecular weight is 336 g/mol. The predicted octanol–water partition coefficient (Wildman–Crippen LogP) is 4.09. The summed E-state index contributed by atoms with van der Waals surface area (Å²) in [6, 6.07) is 10.3. The highest BCUT2D eigenvalue weighted by Crippen LogP contribution is 2.26. The molecule has 23 heavy (non-hydrogen) atoms. The second-order valence-corrected chi connectivity index (χ2v) is 5.37. The summed E-state index contributed by atoms with van der Waals surface area (Å²) < 4.78 is 18.4. The van der Waals surface area contributed by atoms with Gasteiger partial charge in [0.15, 0.2) is 11.9 Å². The minimum absolute atomic E-state index is 0.0863. The molecule has 2 rings (SSSR count). The number of carbonyl (C=O) groups is 2.